The summed E-state index contributed by atoms with van der Waals surface area (Å²) < 4.78 is 0. The molecule has 0 bridgehead atoms. The lowest BCUT2D eigenvalue weighted by Gasteiger charge is -2.18. The molecule has 15 heavy (non-hydrogen) atoms. The van der Waals surface area contributed by atoms with Crippen LogP contribution in [0.25, 0.3) is 0 Å². The number of rotatable bonds is 6. The quantitative estimate of drug-likeness (QED) is 0.591. The maximum Gasteiger partial charge on any atom is -0.0166 e. The molecule has 1 aromatic carbocycles. The zero-order valence-electron chi connectivity index (χ0n) is 10.00. The SMILES string of the molecule is C=C(CC)C(CCC)Cc1ccccc1. The summed E-state index contributed by atoms with van der Waals surface area (Å²) in [5.74, 6) is 0.669. The third-order valence-corrected chi connectivity index (χ3v) is 2.99. The molecule has 0 amide bonds. The van der Waals surface area contributed by atoms with E-state index in [0.717, 1.165) is 12.8 Å². The number of hydrogen-bond acceptors (Lipinski definition) is 0. The summed E-state index contributed by atoms with van der Waals surface area (Å²) in [6.07, 6.45) is 4.77. The van der Waals surface area contributed by atoms with Crippen molar-refractivity contribution in [3.63, 3.8) is 0 Å². The van der Waals surface area contributed by atoms with Crippen molar-refractivity contribution in [3.8, 4) is 0 Å². The molecule has 0 heteroatoms. The van der Waals surface area contributed by atoms with Crippen molar-refractivity contribution < 1.29 is 0 Å². The van der Waals surface area contributed by atoms with Crippen molar-refractivity contribution in [2.45, 2.75) is 39.5 Å². The first-order chi connectivity index (χ1) is 7.27. The topological polar surface area (TPSA) is 0 Å². The lowest BCUT2D eigenvalue weighted by molar-refractivity contribution is 0.536. The summed E-state index contributed by atoms with van der Waals surface area (Å²) in [4.78, 5) is 0. The fourth-order valence-electron chi connectivity index (χ4n) is 1.99. The summed E-state index contributed by atoms with van der Waals surface area (Å²) in [5, 5.41) is 0. The highest BCUT2D eigenvalue weighted by atomic mass is 14.2. The second-order valence-corrected chi connectivity index (χ2v) is 4.19. The van der Waals surface area contributed by atoms with E-state index in [2.05, 4.69) is 50.8 Å². The fraction of sp³-hybridized carbons (Fsp3) is 0.467. The fourth-order valence-corrected chi connectivity index (χ4v) is 1.99. The van der Waals surface area contributed by atoms with Gasteiger partial charge in [0.15, 0.2) is 0 Å². The Labute approximate surface area is 94.0 Å². The molecule has 0 aliphatic heterocycles. The van der Waals surface area contributed by atoms with Gasteiger partial charge in [0.2, 0.25) is 0 Å². The highest BCUT2D eigenvalue weighted by molar-refractivity contribution is 5.17. The maximum absolute atomic E-state index is 4.19. The van der Waals surface area contributed by atoms with Crippen LogP contribution in [-0.2, 0) is 6.42 Å². The smallest absolute Gasteiger partial charge is 0.0166 e. The molecule has 0 heterocycles. The Bertz CT molecular complexity index is 284. The van der Waals surface area contributed by atoms with Gasteiger partial charge in [-0.05, 0) is 30.7 Å². The maximum atomic E-state index is 4.19. The molecular weight excluding hydrogens is 180 g/mol. The predicted octanol–water partition coefficient (Wildman–Crippen LogP) is 4.61. The largest absolute Gasteiger partial charge is 0.0996 e. The van der Waals surface area contributed by atoms with Gasteiger partial charge < -0.3 is 0 Å². The van der Waals surface area contributed by atoms with Gasteiger partial charge in [-0.2, -0.15) is 0 Å². The average molecular weight is 202 g/mol. The third-order valence-electron chi connectivity index (χ3n) is 2.99. The van der Waals surface area contributed by atoms with Gasteiger partial charge in [-0.25, -0.2) is 0 Å². The van der Waals surface area contributed by atoms with E-state index < -0.39 is 0 Å². The molecule has 0 aliphatic carbocycles. The number of benzene rings is 1. The van der Waals surface area contributed by atoms with Gasteiger partial charge in [0.1, 0.15) is 0 Å². The molecule has 1 rings (SSSR count). The number of allylic oxidation sites excluding steroid dienone is 1. The van der Waals surface area contributed by atoms with Gasteiger partial charge >= 0.3 is 0 Å². The summed E-state index contributed by atoms with van der Waals surface area (Å²) in [6, 6.07) is 10.7. The molecule has 0 fully saturated rings. The highest BCUT2D eigenvalue weighted by Crippen LogP contribution is 2.22. The Hall–Kier alpha value is -1.04. The van der Waals surface area contributed by atoms with Crippen LogP contribution in [0.4, 0.5) is 0 Å². The minimum atomic E-state index is 0.669. The minimum absolute atomic E-state index is 0.669. The second kappa shape index (κ2) is 6.44. The molecule has 82 valence electrons. The Kier molecular flexibility index (Phi) is 5.17. The third kappa shape index (κ3) is 3.91. The molecule has 0 spiro atoms. The molecule has 0 saturated carbocycles. The number of hydrogen-bond donors (Lipinski definition) is 0. The van der Waals surface area contributed by atoms with Gasteiger partial charge in [0.05, 0.1) is 0 Å². The molecule has 1 unspecified atom stereocenters. The molecule has 1 atom stereocenters. The Morgan fingerprint density at radius 3 is 2.40 bits per heavy atom. The van der Waals surface area contributed by atoms with Crippen LogP contribution in [0.2, 0.25) is 0 Å². The van der Waals surface area contributed by atoms with Crippen molar-refractivity contribution >= 4 is 0 Å². The monoisotopic (exact) mass is 202 g/mol. The van der Waals surface area contributed by atoms with Crippen molar-refractivity contribution in [1.82, 2.24) is 0 Å². The van der Waals surface area contributed by atoms with Crippen LogP contribution in [0.3, 0.4) is 0 Å². The second-order valence-electron chi connectivity index (χ2n) is 4.19. The summed E-state index contributed by atoms with van der Waals surface area (Å²) >= 11 is 0. The summed E-state index contributed by atoms with van der Waals surface area (Å²) in [5.41, 5.74) is 2.84. The normalized spacial score (nSPS) is 12.4. The van der Waals surface area contributed by atoms with E-state index in [1.54, 1.807) is 0 Å². The lowest BCUT2D eigenvalue weighted by Crippen LogP contribution is -2.06. The van der Waals surface area contributed by atoms with E-state index in [4.69, 9.17) is 0 Å². The first-order valence-electron chi connectivity index (χ1n) is 5.99. The molecule has 0 N–H and O–H groups in total. The molecule has 0 saturated heterocycles. The van der Waals surface area contributed by atoms with Crippen LogP contribution in [0.5, 0.6) is 0 Å². The van der Waals surface area contributed by atoms with Crippen LogP contribution >= 0.6 is 0 Å². The van der Waals surface area contributed by atoms with Crippen LogP contribution in [0.15, 0.2) is 42.5 Å². The van der Waals surface area contributed by atoms with Crippen LogP contribution in [0.1, 0.15) is 38.7 Å². The van der Waals surface area contributed by atoms with E-state index >= 15 is 0 Å². The zero-order chi connectivity index (χ0) is 11.1. The Balaban J connectivity index is 2.62. The highest BCUT2D eigenvalue weighted by Gasteiger charge is 2.10. The predicted molar refractivity (Wildman–Crippen MR) is 68.0 cm³/mol. The molecule has 0 aliphatic rings. The van der Waals surface area contributed by atoms with Gasteiger partial charge in [0.25, 0.3) is 0 Å². The van der Waals surface area contributed by atoms with Crippen LogP contribution in [0, 0.1) is 5.92 Å². The van der Waals surface area contributed by atoms with Crippen molar-refractivity contribution in [1.29, 1.82) is 0 Å². The van der Waals surface area contributed by atoms with E-state index in [0.29, 0.717) is 5.92 Å². The molecule has 0 nitrogen and oxygen atoms in total. The van der Waals surface area contributed by atoms with Crippen molar-refractivity contribution in [2.75, 3.05) is 0 Å². The zero-order valence-corrected chi connectivity index (χ0v) is 10.00. The van der Waals surface area contributed by atoms with Gasteiger partial charge in [-0.3, -0.25) is 0 Å². The first-order valence-corrected chi connectivity index (χ1v) is 5.99. The lowest BCUT2D eigenvalue weighted by atomic mass is 9.88. The Morgan fingerprint density at radius 1 is 1.20 bits per heavy atom. The van der Waals surface area contributed by atoms with E-state index in [9.17, 15) is 0 Å². The average Bonchev–Trinajstić information content (AvgIpc) is 2.29. The molecule has 0 aromatic heterocycles. The van der Waals surface area contributed by atoms with Crippen LogP contribution < -0.4 is 0 Å². The van der Waals surface area contributed by atoms with Gasteiger partial charge in [0, 0.05) is 0 Å². The first kappa shape index (κ1) is 12.0. The van der Waals surface area contributed by atoms with Crippen molar-refractivity contribution in [2.24, 2.45) is 5.92 Å². The summed E-state index contributed by atoms with van der Waals surface area (Å²) in [6.45, 7) is 8.64. The van der Waals surface area contributed by atoms with E-state index in [1.165, 1.54) is 24.0 Å². The molecule has 1 aromatic rings. The van der Waals surface area contributed by atoms with Crippen LogP contribution in [-0.4, -0.2) is 0 Å². The van der Waals surface area contributed by atoms with Crippen molar-refractivity contribution in [3.05, 3.63) is 48.0 Å². The standard InChI is InChI=1S/C15H22/c1-4-9-15(13(3)5-2)12-14-10-7-6-8-11-14/h6-8,10-11,15H,3-5,9,12H2,1-2H3. The van der Waals surface area contributed by atoms with E-state index in [1.807, 2.05) is 0 Å². The summed E-state index contributed by atoms with van der Waals surface area (Å²) in [7, 11) is 0. The van der Waals surface area contributed by atoms with Gasteiger partial charge in [-0.1, -0.05) is 62.8 Å². The van der Waals surface area contributed by atoms with E-state index in [-0.39, 0.29) is 0 Å². The molecule has 0 radical (unpaired) electrons. The molecular formula is C15H22. The minimum Gasteiger partial charge on any atom is -0.0996 e. The Morgan fingerprint density at radius 2 is 1.87 bits per heavy atom. The van der Waals surface area contributed by atoms with Gasteiger partial charge in [-0.15, -0.1) is 0 Å².